The molecule has 1 aromatic carbocycles. The van der Waals surface area contributed by atoms with Gasteiger partial charge in [-0.05, 0) is 37.8 Å². The van der Waals surface area contributed by atoms with E-state index in [0.717, 1.165) is 5.75 Å². The maximum Gasteiger partial charge on any atom is 0.119 e. The van der Waals surface area contributed by atoms with Crippen LogP contribution in [0.3, 0.4) is 0 Å². The Hall–Kier alpha value is -0.980. The van der Waals surface area contributed by atoms with Crippen LogP contribution in [0.1, 0.15) is 104 Å². The number of hydrogen-bond acceptors (Lipinski definition) is 1. The first-order valence-corrected chi connectivity index (χ1v) is 10.6. The summed E-state index contributed by atoms with van der Waals surface area (Å²) in [5.41, 5.74) is 0. The number of benzene rings is 1. The van der Waals surface area contributed by atoms with Crippen LogP contribution in [0.15, 0.2) is 30.3 Å². The van der Waals surface area contributed by atoms with Gasteiger partial charge >= 0.3 is 0 Å². The van der Waals surface area contributed by atoms with Crippen molar-refractivity contribution >= 4 is 0 Å². The third-order valence-corrected chi connectivity index (χ3v) is 4.81. The largest absolute Gasteiger partial charge is 0.490 e. The fourth-order valence-electron chi connectivity index (χ4n) is 3.26. The van der Waals surface area contributed by atoms with E-state index in [0.29, 0.717) is 6.10 Å². The summed E-state index contributed by atoms with van der Waals surface area (Å²) in [6.45, 7) is 4.56. The average Bonchev–Trinajstić information content (AvgIpc) is 2.61. The molecule has 1 atom stereocenters. The van der Waals surface area contributed by atoms with Crippen molar-refractivity contribution in [2.45, 2.75) is 110 Å². The zero-order valence-corrected chi connectivity index (χ0v) is 16.3. The van der Waals surface area contributed by atoms with Crippen LogP contribution < -0.4 is 4.74 Å². The van der Waals surface area contributed by atoms with Gasteiger partial charge in [0, 0.05) is 0 Å². The minimum Gasteiger partial charge on any atom is -0.490 e. The highest BCUT2D eigenvalue weighted by molar-refractivity contribution is 5.21. The van der Waals surface area contributed by atoms with E-state index in [2.05, 4.69) is 44.2 Å². The Morgan fingerprint density at radius 1 is 0.625 bits per heavy atom. The van der Waals surface area contributed by atoms with Gasteiger partial charge in [-0.2, -0.15) is 0 Å². The summed E-state index contributed by atoms with van der Waals surface area (Å²) in [4.78, 5) is 0. The molecule has 0 saturated carbocycles. The van der Waals surface area contributed by atoms with E-state index >= 15 is 0 Å². The van der Waals surface area contributed by atoms with Gasteiger partial charge in [0.05, 0.1) is 6.10 Å². The van der Waals surface area contributed by atoms with Gasteiger partial charge in [0.2, 0.25) is 0 Å². The van der Waals surface area contributed by atoms with Crippen LogP contribution in [0.2, 0.25) is 0 Å². The molecule has 0 aliphatic carbocycles. The van der Waals surface area contributed by atoms with Gasteiger partial charge in [0.1, 0.15) is 5.75 Å². The molecule has 0 aliphatic heterocycles. The minimum absolute atomic E-state index is 0.407. The van der Waals surface area contributed by atoms with Crippen LogP contribution in [-0.2, 0) is 0 Å². The molecule has 0 spiro atoms. The Labute approximate surface area is 151 Å². The normalized spacial score (nSPS) is 12.2. The molecular formula is C23H40O. The lowest BCUT2D eigenvalue weighted by Gasteiger charge is -2.19. The molecule has 0 radical (unpaired) electrons. The molecule has 1 rings (SSSR count). The molecule has 1 nitrogen and oxygen atoms in total. The maximum absolute atomic E-state index is 6.25. The second-order valence-electron chi connectivity index (χ2n) is 7.17. The van der Waals surface area contributed by atoms with E-state index in [1.54, 1.807) is 0 Å². The predicted octanol–water partition coefficient (Wildman–Crippen LogP) is 7.94. The molecule has 0 aromatic heterocycles. The summed E-state index contributed by atoms with van der Waals surface area (Å²) in [5.74, 6) is 1.04. The fourth-order valence-corrected chi connectivity index (χ4v) is 3.26. The Morgan fingerprint density at radius 3 is 1.62 bits per heavy atom. The lowest BCUT2D eigenvalue weighted by Crippen LogP contribution is -2.16. The van der Waals surface area contributed by atoms with Crippen LogP contribution >= 0.6 is 0 Å². The van der Waals surface area contributed by atoms with Gasteiger partial charge in [-0.1, -0.05) is 96.3 Å². The van der Waals surface area contributed by atoms with Crippen LogP contribution in [0.4, 0.5) is 0 Å². The zero-order chi connectivity index (χ0) is 17.3. The SMILES string of the molecule is CCCCCCCCCCC(CCCCCC)Oc1ccccc1. The highest BCUT2D eigenvalue weighted by atomic mass is 16.5. The van der Waals surface area contributed by atoms with Gasteiger partial charge in [0.25, 0.3) is 0 Å². The summed E-state index contributed by atoms with van der Waals surface area (Å²) >= 11 is 0. The number of para-hydroxylation sites is 1. The topological polar surface area (TPSA) is 9.23 Å². The van der Waals surface area contributed by atoms with Crippen molar-refractivity contribution in [2.24, 2.45) is 0 Å². The minimum atomic E-state index is 0.407. The molecule has 0 fully saturated rings. The average molecular weight is 333 g/mol. The van der Waals surface area contributed by atoms with Crippen molar-refractivity contribution in [2.75, 3.05) is 0 Å². The standard InChI is InChI=1S/C23H40O/c1-3-5-7-9-10-11-12-15-19-22(18-14-8-6-4-2)24-23-20-16-13-17-21-23/h13,16-17,20-22H,3-12,14-15,18-19H2,1-2H3. The van der Waals surface area contributed by atoms with Gasteiger partial charge in [-0.25, -0.2) is 0 Å². The highest BCUT2D eigenvalue weighted by Crippen LogP contribution is 2.20. The number of rotatable bonds is 16. The van der Waals surface area contributed by atoms with Gasteiger partial charge < -0.3 is 4.74 Å². The molecule has 24 heavy (non-hydrogen) atoms. The Bertz CT molecular complexity index is 360. The third kappa shape index (κ3) is 11.5. The van der Waals surface area contributed by atoms with E-state index in [1.807, 2.05) is 0 Å². The monoisotopic (exact) mass is 332 g/mol. The molecule has 0 saturated heterocycles. The Morgan fingerprint density at radius 2 is 1.08 bits per heavy atom. The summed E-state index contributed by atoms with van der Waals surface area (Å²) in [6.07, 6.45) is 19.3. The first-order chi connectivity index (χ1) is 11.9. The molecule has 1 heteroatoms. The van der Waals surface area contributed by atoms with Gasteiger partial charge in [-0.15, -0.1) is 0 Å². The smallest absolute Gasteiger partial charge is 0.119 e. The summed E-state index contributed by atoms with van der Waals surface area (Å²) in [7, 11) is 0. The lowest BCUT2D eigenvalue weighted by molar-refractivity contribution is 0.172. The molecule has 138 valence electrons. The number of unbranched alkanes of at least 4 members (excludes halogenated alkanes) is 10. The Kier molecular flexibility index (Phi) is 13.6. The van der Waals surface area contributed by atoms with Crippen LogP contribution in [0.5, 0.6) is 5.75 Å². The molecule has 0 aliphatic rings. The van der Waals surface area contributed by atoms with E-state index in [4.69, 9.17) is 4.74 Å². The van der Waals surface area contributed by atoms with Crippen molar-refractivity contribution in [3.8, 4) is 5.75 Å². The molecule has 0 heterocycles. The van der Waals surface area contributed by atoms with Crippen LogP contribution in [-0.4, -0.2) is 6.10 Å². The predicted molar refractivity (Wildman–Crippen MR) is 107 cm³/mol. The summed E-state index contributed by atoms with van der Waals surface area (Å²) in [6, 6.07) is 10.4. The first kappa shape index (κ1) is 21.1. The third-order valence-electron chi connectivity index (χ3n) is 4.81. The quantitative estimate of drug-likeness (QED) is 0.279. The van der Waals surface area contributed by atoms with Crippen molar-refractivity contribution in [1.29, 1.82) is 0 Å². The summed E-state index contributed by atoms with van der Waals surface area (Å²) < 4.78 is 6.25. The molecule has 0 amide bonds. The molecule has 0 bridgehead atoms. The second kappa shape index (κ2) is 15.5. The molecule has 0 N–H and O–H groups in total. The first-order valence-electron chi connectivity index (χ1n) is 10.6. The van der Waals surface area contributed by atoms with Gasteiger partial charge in [0.15, 0.2) is 0 Å². The van der Waals surface area contributed by atoms with Crippen LogP contribution in [0, 0.1) is 0 Å². The number of ether oxygens (including phenoxy) is 1. The Balaban J connectivity index is 2.20. The van der Waals surface area contributed by atoms with Crippen molar-refractivity contribution < 1.29 is 4.74 Å². The summed E-state index contributed by atoms with van der Waals surface area (Å²) in [5, 5.41) is 0. The van der Waals surface area contributed by atoms with E-state index in [-0.39, 0.29) is 0 Å². The van der Waals surface area contributed by atoms with E-state index in [1.165, 1.54) is 89.9 Å². The molecular weight excluding hydrogens is 292 g/mol. The van der Waals surface area contributed by atoms with Crippen molar-refractivity contribution in [1.82, 2.24) is 0 Å². The number of hydrogen-bond donors (Lipinski definition) is 0. The van der Waals surface area contributed by atoms with E-state index < -0.39 is 0 Å². The molecule has 1 aromatic rings. The van der Waals surface area contributed by atoms with Crippen molar-refractivity contribution in [3.05, 3.63) is 30.3 Å². The highest BCUT2D eigenvalue weighted by Gasteiger charge is 2.10. The second-order valence-corrected chi connectivity index (χ2v) is 7.17. The lowest BCUT2D eigenvalue weighted by atomic mass is 10.0. The van der Waals surface area contributed by atoms with E-state index in [9.17, 15) is 0 Å². The van der Waals surface area contributed by atoms with Crippen molar-refractivity contribution in [3.63, 3.8) is 0 Å². The van der Waals surface area contributed by atoms with Gasteiger partial charge in [-0.3, -0.25) is 0 Å². The maximum atomic E-state index is 6.25. The molecule has 1 unspecified atom stereocenters. The zero-order valence-electron chi connectivity index (χ0n) is 16.3. The fraction of sp³-hybridized carbons (Fsp3) is 0.739. The van der Waals surface area contributed by atoms with Crippen LogP contribution in [0.25, 0.3) is 0 Å².